The number of benzene rings is 3. The normalized spacial score (nSPS) is 15.4. The fourth-order valence-corrected chi connectivity index (χ4v) is 4.13. The molecule has 1 heterocycles. The fourth-order valence-electron chi connectivity index (χ4n) is 4.13. The molecule has 0 saturated carbocycles. The first kappa shape index (κ1) is 22.9. The number of nitrogens with zero attached hydrogens (tertiary/aromatic N) is 3. The average molecular weight is 455 g/mol. The molecule has 3 aromatic carbocycles. The van der Waals surface area contributed by atoms with Crippen LogP contribution in [-0.2, 0) is 14.4 Å². The molecule has 7 nitrogen and oxygen atoms in total. The molecule has 3 aromatic rings. The van der Waals surface area contributed by atoms with Crippen LogP contribution in [0.15, 0.2) is 89.9 Å². The van der Waals surface area contributed by atoms with Gasteiger partial charge in [-0.2, -0.15) is 0 Å². The summed E-state index contributed by atoms with van der Waals surface area (Å²) in [6.07, 6.45) is 0. The van der Waals surface area contributed by atoms with E-state index in [9.17, 15) is 14.4 Å². The highest BCUT2D eigenvalue weighted by Gasteiger charge is 2.37. The van der Waals surface area contributed by atoms with Crippen LogP contribution in [0.25, 0.3) is 0 Å². The third-order valence-corrected chi connectivity index (χ3v) is 5.64. The van der Waals surface area contributed by atoms with Crippen LogP contribution < -0.4 is 15.5 Å². The van der Waals surface area contributed by atoms with Gasteiger partial charge in [0.25, 0.3) is 11.8 Å². The molecular formula is C27H26N4O3. The van der Waals surface area contributed by atoms with Crippen molar-refractivity contribution in [1.29, 1.82) is 0 Å². The summed E-state index contributed by atoms with van der Waals surface area (Å²) in [5.74, 6) is -1.78. The third-order valence-electron chi connectivity index (χ3n) is 5.64. The summed E-state index contributed by atoms with van der Waals surface area (Å²) in [7, 11) is 0. The molecule has 0 radical (unpaired) electrons. The zero-order valence-corrected chi connectivity index (χ0v) is 19.1. The average Bonchev–Trinajstić information content (AvgIpc) is 2.95. The van der Waals surface area contributed by atoms with Gasteiger partial charge in [0.15, 0.2) is 0 Å². The number of carbonyl (C=O) groups excluding carboxylic acids is 3. The van der Waals surface area contributed by atoms with Crippen molar-refractivity contribution in [2.24, 2.45) is 10.7 Å². The minimum Gasteiger partial charge on any atom is -0.367 e. The molecule has 2 N–H and O–H groups in total. The van der Waals surface area contributed by atoms with Gasteiger partial charge in [-0.25, -0.2) is 0 Å². The number of aliphatic imine (C=N–C) groups is 1. The molecule has 172 valence electrons. The van der Waals surface area contributed by atoms with Crippen molar-refractivity contribution in [3.63, 3.8) is 0 Å². The fraction of sp³-hybridized carbons (Fsp3) is 0.185. The molecule has 0 bridgehead atoms. The van der Waals surface area contributed by atoms with Gasteiger partial charge in [-0.1, -0.05) is 66.7 Å². The van der Waals surface area contributed by atoms with Gasteiger partial charge in [-0.15, -0.1) is 0 Å². The van der Waals surface area contributed by atoms with E-state index in [-0.39, 0.29) is 18.5 Å². The summed E-state index contributed by atoms with van der Waals surface area (Å²) >= 11 is 0. The molecule has 0 fully saturated rings. The second kappa shape index (κ2) is 9.70. The van der Waals surface area contributed by atoms with E-state index in [1.165, 1.54) is 4.90 Å². The SMILES string of the molecule is CC(C)N(C(=O)CN1C(=O)C(C(N)=O)N=C(c2ccccc2)c2ccccc21)c1ccccc1. The molecule has 0 spiro atoms. The number of nitrogens with two attached hydrogens (primary N) is 1. The van der Waals surface area contributed by atoms with Gasteiger partial charge < -0.3 is 10.6 Å². The number of carbonyl (C=O) groups is 3. The number of anilines is 2. The maximum atomic E-state index is 13.5. The largest absolute Gasteiger partial charge is 0.367 e. The third kappa shape index (κ3) is 4.45. The van der Waals surface area contributed by atoms with Gasteiger partial charge >= 0.3 is 0 Å². The molecule has 1 aliphatic rings. The standard InChI is InChI=1S/C27H26N4O3/c1-18(2)31(20-13-7-4-8-14-20)23(32)17-30-22-16-10-9-15-21(22)24(19-11-5-3-6-12-19)29-25(26(28)33)27(30)34/h3-16,18,25H,17H2,1-2H3,(H2,28,33). The molecular weight excluding hydrogens is 428 g/mol. The number of para-hydroxylation sites is 2. The molecule has 1 unspecified atom stereocenters. The maximum Gasteiger partial charge on any atom is 0.262 e. The van der Waals surface area contributed by atoms with Crippen LogP contribution in [0.2, 0.25) is 0 Å². The van der Waals surface area contributed by atoms with Crippen molar-refractivity contribution in [2.45, 2.75) is 25.9 Å². The van der Waals surface area contributed by atoms with Gasteiger partial charge in [-0.05, 0) is 32.0 Å². The Morgan fingerprint density at radius 3 is 2.15 bits per heavy atom. The second-order valence-electron chi connectivity index (χ2n) is 8.28. The lowest BCUT2D eigenvalue weighted by Crippen LogP contribution is -2.50. The maximum absolute atomic E-state index is 13.5. The molecule has 7 heteroatoms. The first-order chi connectivity index (χ1) is 16.4. The van der Waals surface area contributed by atoms with E-state index in [1.54, 1.807) is 17.0 Å². The minimum absolute atomic E-state index is 0.143. The number of amides is 3. The van der Waals surface area contributed by atoms with Gasteiger partial charge in [-0.3, -0.25) is 24.3 Å². The Bertz CT molecular complexity index is 1240. The van der Waals surface area contributed by atoms with Crippen molar-refractivity contribution in [1.82, 2.24) is 0 Å². The number of primary amides is 1. The van der Waals surface area contributed by atoms with E-state index in [2.05, 4.69) is 4.99 Å². The van der Waals surface area contributed by atoms with E-state index in [0.717, 1.165) is 11.3 Å². The lowest BCUT2D eigenvalue weighted by molar-refractivity contribution is -0.129. The molecule has 0 aromatic heterocycles. The Kier molecular flexibility index (Phi) is 6.54. The van der Waals surface area contributed by atoms with Crippen LogP contribution in [0.3, 0.4) is 0 Å². The van der Waals surface area contributed by atoms with Crippen molar-refractivity contribution in [3.05, 3.63) is 96.1 Å². The molecule has 0 aliphatic carbocycles. The smallest absolute Gasteiger partial charge is 0.262 e. The summed E-state index contributed by atoms with van der Waals surface area (Å²) in [4.78, 5) is 46.8. The molecule has 1 atom stereocenters. The summed E-state index contributed by atoms with van der Waals surface area (Å²) in [6.45, 7) is 3.56. The Labute approximate surface area is 198 Å². The zero-order chi connectivity index (χ0) is 24.2. The van der Waals surface area contributed by atoms with E-state index in [4.69, 9.17) is 5.73 Å². The lowest BCUT2D eigenvalue weighted by Gasteiger charge is -2.31. The Hall–Kier alpha value is -4.26. The van der Waals surface area contributed by atoms with Gasteiger partial charge in [0.05, 0.1) is 11.4 Å². The lowest BCUT2D eigenvalue weighted by atomic mass is 10.00. The van der Waals surface area contributed by atoms with Gasteiger partial charge in [0.1, 0.15) is 6.54 Å². The zero-order valence-electron chi connectivity index (χ0n) is 19.1. The predicted octanol–water partition coefficient (Wildman–Crippen LogP) is 3.17. The Balaban J connectivity index is 1.80. The first-order valence-corrected chi connectivity index (χ1v) is 11.1. The van der Waals surface area contributed by atoms with Crippen molar-refractivity contribution < 1.29 is 14.4 Å². The number of rotatable bonds is 6. The van der Waals surface area contributed by atoms with Crippen LogP contribution in [0, 0.1) is 0 Å². The van der Waals surface area contributed by atoms with Crippen LogP contribution in [0.4, 0.5) is 11.4 Å². The highest BCUT2D eigenvalue weighted by molar-refractivity contribution is 6.24. The summed E-state index contributed by atoms with van der Waals surface area (Å²) in [5.41, 5.74) is 8.71. The first-order valence-electron chi connectivity index (χ1n) is 11.1. The van der Waals surface area contributed by atoms with E-state index < -0.39 is 17.9 Å². The van der Waals surface area contributed by atoms with E-state index in [1.807, 2.05) is 86.6 Å². The van der Waals surface area contributed by atoms with Crippen LogP contribution >= 0.6 is 0 Å². The minimum atomic E-state index is -1.44. The van der Waals surface area contributed by atoms with Crippen molar-refractivity contribution in [2.75, 3.05) is 16.3 Å². The van der Waals surface area contributed by atoms with E-state index >= 15 is 0 Å². The molecule has 0 saturated heterocycles. The number of hydrogen-bond donors (Lipinski definition) is 1. The van der Waals surface area contributed by atoms with Crippen molar-refractivity contribution in [3.8, 4) is 0 Å². The molecule has 4 rings (SSSR count). The molecule has 3 amide bonds. The molecule has 34 heavy (non-hydrogen) atoms. The quantitative estimate of drug-likeness (QED) is 0.580. The predicted molar refractivity (Wildman–Crippen MR) is 133 cm³/mol. The summed E-state index contributed by atoms with van der Waals surface area (Å²) in [6, 6.07) is 24.2. The highest BCUT2D eigenvalue weighted by atomic mass is 16.2. The van der Waals surface area contributed by atoms with Crippen molar-refractivity contribution >= 4 is 34.8 Å². The monoisotopic (exact) mass is 454 g/mol. The van der Waals surface area contributed by atoms with Crippen LogP contribution in [0.5, 0.6) is 0 Å². The summed E-state index contributed by atoms with van der Waals surface area (Å²) < 4.78 is 0. The van der Waals surface area contributed by atoms with Gasteiger partial charge in [0.2, 0.25) is 11.9 Å². The Morgan fingerprint density at radius 1 is 0.941 bits per heavy atom. The Morgan fingerprint density at radius 2 is 1.53 bits per heavy atom. The topological polar surface area (TPSA) is 96.1 Å². The number of benzodiazepines with no additional fused rings is 1. The van der Waals surface area contributed by atoms with Crippen LogP contribution in [0.1, 0.15) is 25.0 Å². The van der Waals surface area contributed by atoms with E-state index in [0.29, 0.717) is 17.0 Å². The molecule has 1 aliphatic heterocycles. The van der Waals surface area contributed by atoms with Crippen LogP contribution in [-0.4, -0.2) is 42.1 Å². The number of hydrogen-bond acceptors (Lipinski definition) is 4. The van der Waals surface area contributed by atoms with Gasteiger partial charge in [0, 0.05) is 22.9 Å². The second-order valence-corrected chi connectivity index (χ2v) is 8.28. The summed E-state index contributed by atoms with van der Waals surface area (Å²) in [5, 5.41) is 0. The number of fused-ring (bicyclic) bond motifs is 1. The highest BCUT2D eigenvalue weighted by Crippen LogP contribution is 2.29.